The lowest BCUT2D eigenvalue weighted by atomic mass is 9.84. The molecular weight excluding hydrogens is 328 g/mol. The summed E-state index contributed by atoms with van der Waals surface area (Å²) in [5.74, 6) is -2.07. The first-order valence-corrected chi connectivity index (χ1v) is 6.57. The van der Waals surface area contributed by atoms with Crippen LogP contribution in [-0.2, 0) is 23.6 Å². The summed E-state index contributed by atoms with van der Waals surface area (Å²) in [5, 5.41) is 8.86. The number of hydrogen-bond acceptors (Lipinski definition) is 2. The zero-order chi connectivity index (χ0) is 17.8. The van der Waals surface area contributed by atoms with E-state index in [-0.39, 0.29) is 17.5 Å². The zero-order valence-electron chi connectivity index (χ0n) is 11.8. The van der Waals surface area contributed by atoms with Crippen LogP contribution in [0.5, 0.6) is 0 Å². The highest BCUT2D eigenvalue weighted by Gasteiger charge is 2.48. The van der Waals surface area contributed by atoms with Crippen molar-refractivity contribution in [2.45, 2.75) is 43.6 Å². The van der Waals surface area contributed by atoms with Gasteiger partial charge >= 0.3 is 18.3 Å². The van der Waals surface area contributed by atoms with Crippen molar-refractivity contribution in [1.82, 2.24) is 0 Å². The van der Waals surface area contributed by atoms with Crippen LogP contribution in [0.3, 0.4) is 0 Å². The highest BCUT2D eigenvalue weighted by molar-refractivity contribution is 5.69. The monoisotopic (exact) mass is 341 g/mol. The molecule has 1 aliphatic carbocycles. The second kappa shape index (κ2) is 5.12. The summed E-state index contributed by atoms with van der Waals surface area (Å²) in [6.07, 6.45) is -11.1. The van der Waals surface area contributed by atoms with Gasteiger partial charge in [-0.05, 0) is 29.7 Å². The number of halogens is 6. The van der Waals surface area contributed by atoms with Gasteiger partial charge in [0.25, 0.3) is 0 Å². The summed E-state index contributed by atoms with van der Waals surface area (Å²) < 4.78 is 77.6. The Morgan fingerprint density at radius 3 is 2.13 bits per heavy atom. The first kappa shape index (κ1) is 17.6. The van der Waals surface area contributed by atoms with Crippen LogP contribution in [0.2, 0.25) is 0 Å². The third kappa shape index (κ3) is 3.15. The smallest absolute Gasteiger partial charge is 0.417 e. The van der Waals surface area contributed by atoms with Gasteiger partial charge in [0.1, 0.15) is 0 Å². The van der Waals surface area contributed by atoms with E-state index in [0.717, 1.165) is 0 Å². The Morgan fingerprint density at radius 1 is 1.22 bits per heavy atom. The molecule has 1 aromatic rings. The summed E-state index contributed by atoms with van der Waals surface area (Å²) in [5.41, 5.74) is 0.959. The molecule has 23 heavy (non-hydrogen) atoms. The lowest BCUT2D eigenvalue weighted by molar-refractivity contribution is -0.162. The van der Waals surface area contributed by atoms with Crippen molar-refractivity contribution in [3.63, 3.8) is 0 Å². The molecule has 0 fully saturated rings. The molecule has 0 heterocycles. The van der Waals surface area contributed by atoms with Crippen LogP contribution in [0.25, 0.3) is 0 Å². The molecule has 0 saturated heterocycles. The van der Waals surface area contributed by atoms with Crippen molar-refractivity contribution >= 4 is 5.97 Å². The van der Waals surface area contributed by atoms with Gasteiger partial charge in [0.15, 0.2) is 0 Å². The first-order chi connectivity index (χ1) is 10.3. The lowest BCUT2D eigenvalue weighted by Gasteiger charge is -2.27. The Bertz CT molecular complexity index is 652. The van der Waals surface area contributed by atoms with Crippen LogP contribution in [0.4, 0.5) is 26.3 Å². The molecule has 0 amide bonds. The highest BCUT2D eigenvalue weighted by atomic mass is 19.4. The van der Waals surface area contributed by atoms with Gasteiger partial charge in [-0.25, -0.2) is 0 Å². The van der Waals surface area contributed by atoms with Crippen molar-refractivity contribution < 1.29 is 36.2 Å². The zero-order valence-corrected chi connectivity index (χ0v) is 11.8. The molecule has 2 atom stereocenters. The van der Waals surface area contributed by atoms with E-state index in [1.807, 2.05) is 0 Å². The minimum atomic E-state index is -5.17. The van der Waals surface area contributed by atoms with E-state index in [0.29, 0.717) is 12.1 Å². The van der Waals surface area contributed by atoms with Crippen molar-refractivity contribution in [1.29, 1.82) is 0 Å². The number of fused-ring (bicyclic) bond motifs is 1. The molecule has 3 nitrogen and oxygen atoms in total. The molecule has 2 unspecified atom stereocenters. The van der Waals surface area contributed by atoms with Gasteiger partial charge in [0.2, 0.25) is 0 Å². The van der Waals surface area contributed by atoms with Crippen LogP contribution >= 0.6 is 0 Å². The van der Waals surface area contributed by atoms with Crippen molar-refractivity contribution in [2.24, 2.45) is 5.73 Å². The summed E-state index contributed by atoms with van der Waals surface area (Å²) in [7, 11) is 0. The third-order valence-corrected chi connectivity index (χ3v) is 4.22. The van der Waals surface area contributed by atoms with Crippen LogP contribution in [0.1, 0.15) is 41.5 Å². The maximum Gasteiger partial charge on any atom is 0.417 e. The Balaban J connectivity index is 2.61. The summed E-state index contributed by atoms with van der Waals surface area (Å²) in [6, 6.07) is 0.879. The second-order valence-corrected chi connectivity index (χ2v) is 5.79. The topological polar surface area (TPSA) is 63.3 Å². The summed E-state index contributed by atoms with van der Waals surface area (Å²) in [6.45, 7) is 1.42. The molecule has 9 heteroatoms. The molecule has 128 valence electrons. The Hall–Kier alpha value is -1.77. The lowest BCUT2D eigenvalue weighted by Crippen LogP contribution is -2.45. The summed E-state index contributed by atoms with van der Waals surface area (Å²) >= 11 is 0. The number of nitrogens with two attached hydrogens (primary N) is 1. The molecule has 0 aliphatic heterocycles. The molecular formula is C14H13F6NO2. The number of carboxylic acids is 1. The van der Waals surface area contributed by atoms with E-state index in [9.17, 15) is 31.1 Å². The molecule has 0 aromatic heterocycles. The number of carboxylic acid groups (broad SMARTS) is 1. The van der Waals surface area contributed by atoms with Crippen molar-refractivity contribution in [3.05, 3.63) is 34.4 Å². The number of alkyl halides is 6. The Morgan fingerprint density at radius 2 is 1.70 bits per heavy atom. The fraction of sp³-hybridized carbons (Fsp3) is 0.500. The van der Waals surface area contributed by atoms with Gasteiger partial charge in [-0.2, -0.15) is 26.3 Å². The van der Waals surface area contributed by atoms with Gasteiger partial charge in [-0.1, -0.05) is 6.92 Å². The maximum atomic E-state index is 13.0. The van der Waals surface area contributed by atoms with Gasteiger partial charge in [0, 0.05) is 11.5 Å². The van der Waals surface area contributed by atoms with Crippen LogP contribution in [-0.4, -0.2) is 16.6 Å². The van der Waals surface area contributed by atoms with E-state index in [1.54, 1.807) is 0 Å². The Kier molecular flexibility index (Phi) is 3.91. The minimum Gasteiger partial charge on any atom is -0.481 e. The number of aliphatic carboxylic acids is 1. The number of carbonyl (C=O) groups is 1. The van der Waals surface area contributed by atoms with Crippen LogP contribution in [0, 0.1) is 0 Å². The predicted molar refractivity (Wildman–Crippen MR) is 67.7 cm³/mol. The van der Waals surface area contributed by atoms with E-state index < -0.39 is 47.3 Å². The second-order valence-electron chi connectivity index (χ2n) is 5.79. The number of benzene rings is 1. The SMILES string of the molecule is CC1c2cc(C(F)(F)F)c(C(F)(F)F)cc2CC1(N)CC(=O)O. The van der Waals surface area contributed by atoms with Crippen LogP contribution < -0.4 is 5.73 Å². The van der Waals surface area contributed by atoms with Gasteiger partial charge < -0.3 is 10.8 Å². The van der Waals surface area contributed by atoms with Gasteiger partial charge in [-0.3, -0.25) is 4.79 Å². The van der Waals surface area contributed by atoms with E-state index >= 15 is 0 Å². The fourth-order valence-electron chi connectivity index (χ4n) is 3.00. The van der Waals surface area contributed by atoms with Crippen LogP contribution in [0.15, 0.2) is 12.1 Å². The van der Waals surface area contributed by atoms with Gasteiger partial charge in [-0.15, -0.1) is 0 Å². The molecule has 1 aromatic carbocycles. The normalized spacial score (nSPS) is 24.6. The molecule has 3 N–H and O–H groups in total. The Labute approximate surface area is 127 Å². The molecule has 2 rings (SSSR count). The average Bonchev–Trinajstić information content (AvgIpc) is 2.56. The molecule has 0 spiro atoms. The highest BCUT2D eigenvalue weighted by Crippen LogP contribution is 2.47. The maximum absolute atomic E-state index is 13.0. The number of rotatable bonds is 2. The fourth-order valence-corrected chi connectivity index (χ4v) is 3.00. The van der Waals surface area contributed by atoms with E-state index in [4.69, 9.17) is 10.8 Å². The summed E-state index contributed by atoms with van der Waals surface area (Å²) in [4.78, 5) is 10.9. The largest absolute Gasteiger partial charge is 0.481 e. The first-order valence-electron chi connectivity index (χ1n) is 6.57. The predicted octanol–water partition coefficient (Wildman–Crippen LogP) is 3.56. The molecule has 0 radical (unpaired) electrons. The van der Waals surface area contributed by atoms with E-state index in [2.05, 4.69) is 0 Å². The van der Waals surface area contributed by atoms with Crippen molar-refractivity contribution in [2.75, 3.05) is 0 Å². The van der Waals surface area contributed by atoms with Gasteiger partial charge in [0.05, 0.1) is 17.5 Å². The standard InChI is InChI=1S/C14H13F6NO2/c1-6-8-3-10(14(18,19)20)9(13(15,16)17)2-7(8)4-12(6,21)5-11(22)23/h2-3,6H,4-5,21H2,1H3,(H,22,23). The molecule has 0 saturated carbocycles. The van der Waals surface area contributed by atoms with E-state index in [1.165, 1.54) is 6.92 Å². The average molecular weight is 341 g/mol. The molecule has 0 bridgehead atoms. The quantitative estimate of drug-likeness (QED) is 0.809. The van der Waals surface area contributed by atoms with Crippen molar-refractivity contribution in [3.8, 4) is 0 Å². The molecule has 1 aliphatic rings. The third-order valence-electron chi connectivity index (χ3n) is 4.22. The number of hydrogen-bond donors (Lipinski definition) is 2. The minimum absolute atomic E-state index is 0.00146.